The molecule has 6 nitrogen and oxygen atoms in total. The molecular weight excluding hydrogens is 448 g/mol. The highest BCUT2D eigenvalue weighted by molar-refractivity contribution is 7.11. The van der Waals surface area contributed by atoms with Gasteiger partial charge in [-0.2, -0.15) is 0 Å². The molecule has 1 heterocycles. The fraction of sp³-hybridized carbons (Fsp3) is 0.333. The van der Waals surface area contributed by atoms with E-state index in [1.165, 1.54) is 11.3 Å². The van der Waals surface area contributed by atoms with E-state index in [-0.39, 0.29) is 24.1 Å². The first-order chi connectivity index (χ1) is 15.5. The number of halogens is 1. The molecule has 32 heavy (non-hydrogen) atoms. The van der Waals surface area contributed by atoms with Crippen molar-refractivity contribution in [3.63, 3.8) is 0 Å². The summed E-state index contributed by atoms with van der Waals surface area (Å²) in [6, 6.07) is 15.0. The summed E-state index contributed by atoms with van der Waals surface area (Å²) in [5, 5.41) is 10.4. The first kappa shape index (κ1) is 23.9. The Hall–Kier alpha value is -2.77. The van der Waals surface area contributed by atoms with Crippen LogP contribution in [0.2, 0.25) is 5.02 Å². The second-order valence-electron chi connectivity index (χ2n) is 7.31. The maximum absolute atomic E-state index is 12.9. The maximum atomic E-state index is 12.9. The van der Waals surface area contributed by atoms with Gasteiger partial charge in [0, 0.05) is 23.8 Å². The summed E-state index contributed by atoms with van der Waals surface area (Å²) in [6.07, 6.45) is 1.36. The molecule has 1 atom stereocenters. The average molecular weight is 473 g/mol. The standard InChI is InChI=1S/C24H25ClN2O4S/c1-3-31-23(29)15-22-26-27-24(32-22)18(12-16-6-10-21(30-2)11-7-16)14-20(28)13-17-4-8-19(25)9-5-17/h4-11,18H,3,12-15H2,1-2H3/t18-/m1/s1. The number of nitrogens with zero attached hydrogens (tertiary/aromatic N) is 2. The molecular formula is C24H25ClN2O4S. The zero-order valence-corrected chi connectivity index (χ0v) is 19.6. The third kappa shape index (κ3) is 7.14. The summed E-state index contributed by atoms with van der Waals surface area (Å²) in [4.78, 5) is 24.7. The van der Waals surface area contributed by atoms with Gasteiger partial charge < -0.3 is 9.47 Å². The third-order valence-electron chi connectivity index (χ3n) is 4.86. The van der Waals surface area contributed by atoms with Gasteiger partial charge in [-0.05, 0) is 48.7 Å². The van der Waals surface area contributed by atoms with Crippen molar-refractivity contribution in [3.8, 4) is 5.75 Å². The van der Waals surface area contributed by atoms with Crippen LogP contribution >= 0.6 is 22.9 Å². The van der Waals surface area contributed by atoms with Crippen LogP contribution in [0, 0.1) is 0 Å². The lowest BCUT2D eigenvalue weighted by atomic mass is 9.93. The van der Waals surface area contributed by atoms with E-state index in [1.807, 2.05) is 36.4 Å². The lowest BCUT2D eigenvalue weighted by molar-refractivity contribution is -0.142. The molecule has 3 aromatic rings. The van der Waals surface area contributed by atoms with Crippen molar-refractivity contribution in [1.82, 2.24) is 10.2 Å². The molecule has 0 aliphatic rings. The fourth-order valence-corrected chi connectivity index (χ4v) is 4.36. The number of carbonyl (C=O) groups is 2. The zero-order chi connectivity index (χ0) is 22.9. The highest BCUT2D eigenvalue weighted by atomic mass is 35.5. The van der Waals surface area contributed by atoms with Crippen molar-refractivity contribution in [3.05, 3.63) is 74.7 Å². The molecule has 0 amide bonds. The lowest BCUT2D eigenvalue weighted by Gasteiger charge is -2.14. The Balaban J connectivity index is 1.75. The molecule has 0 aliphatic carbocycles. The van der Waals surface area contributed by atoms with Crippen LogP contribution in [0.3, 0.4) is 0 Å². The molecule has 0 saturated carbocycles. The van der Waals surface area contributed by atoms with Crippen LogP contribution in [0.5, 0.6) is 5.75 Å². The Morgan fingerprint density at radius 3 is 2.34 bits per heavy atom. The number of rotatable bonds is 11. The number of hydrogen-bond acceptors (Lipinski definition) is 7. The van der Waals surface area contributed by atoms with Crippen molar-refractivity contribution in [2.45, 2.75) is 38.5 Å². The van der Waals surface area contributed by atoms with Gasteiger partial charge in [0.25, 0.3) is 0 Å². The predicted octanol–water partition coefficient (Wildman–Crippen LogP) is 4.83. The van der Waals surface area contributed by atoms with Crippen LogP contribution in [-0.4, -0.2) is 35.7 Å². The number of Topliss-reactive ketones (excluding diaryl/α,β-unsaturated/α-hetero) is 1. The van der Waals surface area contributed by atoms with Gasteiger partial charge >= 0.3 is 5.97 Å². The van der Waals surface area contributed by atoms with Crippen molar-refractivity contribution in [1.29, 1.82) is 0 Å². The minimum Gasteiger partial charge on any atom is -0.497 e. The monoisotopic (exact) mass is 472 g/mol. The Morgan fingerprint density at radius 1 is 1.00 bits per heavy atom. The molecule has 0 unspecified atom stereocenters. The van der Waals surface area contributed by atoms with Crippen molar-refractivity contribution < 1.29 is 19.1 Å². The summed E-state index contributed by atoms with van der Waals surface area (Å²) < 4.78 is 10.2. The number of ether oxygens (including phenoxy) is 2. The highest BCUT2D eigenvalue weighted by Gasteiger charge is 2.22. The maximum Gasteiger partial charge on any atom is 0.312 e. The van der Waals surface area contributed by atoms with E-state index in [9.17, 15) is 9.59 Å². The molecule has 0 saturated heterocycles. The number of benzene rings is 2. The van der Waals surface area contributed by atoms with E-state index in [2.05, 4.69) is 10.2 Å². The molecule has 0 radical (unpaired) electrons. The smallest absolute Gasteiger partial charge is 0.312 e. The van der Waals surface area contributed by atoms with E-state index in [1.54, 1.807) is 26.2 Å². The molecule has 168 valence electrons. The summed E-state index contributed by atoms with van der Waals surface area (Å²) in [6.45, 7) is 2.09. The predicted molar refractivity (Wildman–Crippen MR) is 124 cm³/mol. The van der Waals surface area contributed by atoms with E-state index in [0.717, 1.165) is 21.9 Å². The number of ketones is 1. The SMILES string of the molecule is CCOC(=O)Cc1nnc([C@@H](CC(=O)Cc2ccc(Cl)cc2)Cc2ccc(OC)cc2)s1. The second kappa shape index (κ2) is 11.7. The van der Waals surface area contributed by atoms with Gasteiger partial charge in [-0.15, -0.1) is 21.5 Å². The molecule has 0 N–H and O–H groups in total. The molecule has 0 aliphatic heterocycles. The number of methoxy groups -OCH3 is 1. The van der Waals surface area contributed by atoms with Gasteiger partial charge in [0.05, 0.1) is 20.1 Å². The molecule has 0 fully saturated rings. The van der Waals surface area contributed by atoms with E-state index in [0.29, 0.717) is 35.9 Å². The van der Waals surface area contributed by atoms with Crippen LogP contribution < -0.4 is 4.74 Å². The Bertz CT molecular complexity index is 1030. The van der Waals surface area contributed by atoms with Gasteiger partial charge in [-0.25, -0.2) is 0 Å². The minimum atomic E-state index is -0.333. The van der Waals surface area contributed by atoms with Gasteiger partial charge in [-0.3, -0.25) is 9.59 Å². The van der Waals surface area contributed by atoms with Crippen LogP contribution in [0.1, 0.15) is 40.4 Å². The van der Waals surface area contributed by atoms with Crippen LogP contribution in [0.4, 0.5) is 0 Å². The Morgan fingerprint density at radius 2 is 1.69 bits per heavy atom. The number of aromatic nitrogens is 2. The fourth-order valence-electron chi connectivity index (χ4n) is 3.31. The van der Waals surface area contributed by atoms with E-state index < -0.39 is 0 Å². The topological polar surface area (TPSA) is 78.4 Å². The molecule has 8 heteroatoms. The molecule has 2 aromatic carbocycles. The summed E-state index contributed by atoms with van der Waals surface area (Å²) in [7, 11) is 1.62. The normalized spacial score (nSPS) is 11.7. The average Bonchev–Trinajstić information content (AvgIpc) is 3.24. The zero-order valence-electron chi connectivity index (χ0n) is 18.0. The third-order valence-corrected chi connectivity index (χ3v) is 6.20. The molecule has 1 aromatic heterocycles. The molecule has 0 spiro atoms. The molecule has 3 rings (SSSR count). The highest BCUT2D eigenvalue weighted by Crippen LogP contribution is 2.29. The summed E-state index contributed by atoms with van der Waals surface area (Å²) in [5.41, 5.74) is 1.99. The van der Waals surface area contributed by atoms with Gasteiger partial charge in [0.1, 0.15) is 21.5 Å². The van der Waals surface area contributed by atoms with Crippen LogP contribution in [-0.2, 0) is 33.6 Å². The summed E-state index contributed by atoms with van der Waals surface area (Å²) >= 11 is 7.30. The number of carbonyl (C=O) groups excluding carboxylic acids is 2. The first-order valence-corrected chi connectivity index (χ1v) is 11.5. The largest absolute Gasteiger partial charge is 0.497 e. The van der Waals surface area contributed by atoms with Crippen molar-refractivity contribution >= 4 is 34.7 Å². The number of hydrogen-bond donors (Lipinski definition) is 0. The quantitative estimate of drug-likeness (QED) is 0.372. The van der Waals surface area contributed by atoms with Crippen LogP contribution in [0.25, 0.3) is 0 Å². The van der Waals surface area contributed by atoms with Crippen molar-refractivity contribution in [2.75, 3.05) is 13.7 Å². The number of esters is 1. The first-order valence-electron chi connectivity index (χ1n) is 10.3. The Labute approximate surface area is 196 Å². The van der Waals surface area contributed by atoms with Gasteiger partial charge in [0.15, 0.2) is 0 Å². The van der Waals surface area contributed by atoms with E-state index in [4.69, 9.17) is 21.1 Å². The van der Waals surface area contributed by atoms with Gasteiger partial charge in [-0.1, -0.05) is 35.9 Å². The Kier molecular flexibility index (Phi) is 8.76. The minimum absolute atomic E-state index is 0.0828. The van der Waals surface area contributed by atoms with Crippen molar-refractivity contribution in [2.24, 2.45) is 0 Å². The summed E-state index contributed by atoms with van der Waals surface area (Å²) in [5.74, 6) is 0.405. The molecule has 0 bridgehead atoms. The van der Waals surface area contributed by atoms with E-state index >= 15 is 0 Å². The van der Waals surface area contributed by atoms with Crippen LogP contribution in [0.15, 0.2) is 48.5 Å². The van der Waals surface area contributed by atoms with Gasteiger partial charge in [0.2, 0.25) is 0 Å². The second-order valence-corrected chi connectivity index (χ2v) is 8.84. The lowest BCUT2D eigenvalue weighted by Crippen LogP contribution is -2.12.